The van der Waals surface area contributed by atoms with Gasteiger partial charge in [0.05, 0.1) is 4.92 Å². The van der Waals surface area contributed by atoms with Crippen molar-refractivity contribution < 1.29 is 4.92 Å². The fourth-order valence-corrected chi connectivity index (χ4v) is 3.71. The maximum atomic E-state index is 11.6. The lowest BCUT2D eigenvalue weighted by molar-refractivity contribution is -0.385. The first-order chi connectivity index (χ1) is 11.5. The molecular weight excluding hydrogens is 306 g/mol. The van der Waals surface area contributed by atoms with Gasteiger partial charge < -0.3 is 9.80 Å². The Kier molecular flexibility index (Phi) is 4.87. The Hall–Kier alpha value is -1.92. The molecule has 7 heteroatoms. The molecule has 1 aromatic heterocycles. The average molecular weight is 333 g/mol. The first kappa shape index (κ1) is 16.9. The van der Waals surface area contributed by atoms with Crippen molar-refractivity contribution >= 4 is 17.5 Å². The van der Waals surface area contributed by atoms with E-state index >= 15 is 0 Å². The van der Waals surface area contributed by atoms with Crippen molar-refractivity contribution in [3.63, 3.8) is 0 Å². The number of aryl methyl sites for hydroxylation is 1. The maximum absolute atomic E-state index is 11.6. The summed E-state index contributed by atoms with van der Waals surface area (Å²) in [4.78, 5) is 24.7. The van der Waals surface area contributed by atoms with Crippen LogP contribution in [0, 0.1) is 23.0 Å². The summed E-state index contributed by atoms with van der Waals surface area (Å²) < 4.78 is 0. The highest BCUT2D eigenvalue weighted by Gasteiger charge is 2.31. The molecule has 2 aliphatic heterocycles. The van der Waals surface area contributed by atoms with E-state index in [1.54, 1.807) is 6.92 Å². The van der Waals surface area contributed by atoms with Crippen LogP contribution in [0.4, 0.5) is 17.5 Å². The van der Waals surface area contributed by atoms with Gasteiger partial charge in [-0.1, -0.05) is 6.92 Å². The van der Waals surface area contributed by atoms with E-state index in [0.29, 0.717) is 17.5 Å². The van der Waals surface area contributed by atoms with Crippen LogP contribution in [-0.2, 0) is 0 Å². The molecule has 0 amide bonds. The minimum absolute atomic E-state index is 0.0675. The lowest BCUT2D eigenvalue weighted by Crippen LogP contribution is -2.39. The van der Waals surface area contributed by atoms with Gasteiger partial charge in [0, 0.05) is 25.7 Å². The third-order valence-electron chi connectivity index (χ3n) is 5.35. The molecule has 24 heavy (non-hydrogen) atoms. The van der Waals surface area contributed by atoms with Gasteiger partial charge >= 0.3 is 5.69 Å². The molecule has 0 saturated carbocycles. The monoisotopic (exact) mass is 333 g/mol. The van der Waals surface area contributed by atoms with Gasteiger partial charge in [0.25, 0.3) is 0 Å². The zero-order chi connectivity index (χ0) is 17.3. The van der Waals surface area contributed by atoms with E-state index in [-0.39, 0.29) is 16.7 Å². The van der Waals surface area contributed by atoms with Gasteiger partial charge in [-0.05, 0) is 51.9 Å². The quantitative estimate of drug-likeness (QED) is 0.624. The van der Waals surface area contributed by atoms with E-state index in [2.05, 4.69) is 33.6 Å². The molecule has 2 fully saturated rings. The number of nitro groups is 1. The highest BCUT2D eigenvalue weighted by atomic mass is 16.6. The summed E-state index contributed by atoms with van der Waals surface area (Å²) in [6, 6.07) is 0.279. The van der Waals surface area contributed by atoms with Crippen LogP contribution in [0.5, 0.6) is 0 Å². The normalized spacial score (nSPS) is 22.7. The third-order valence-corrected chi connectivity index (χ3v) is 5.35. The summed E-state index contributed by atoms with van der Waals surface area (Å²) >= 11 is 0. The molecule has 0 bridgehead atoms. The molecule has 0 aliphatic carbocycles. The Balaban J connectivity index is 1.99. The van der Waals surface area contributed by atoms with Gasteiger partial charge in [0.2, 0.25) is 11.8 Å². The lowest BCUT2D eigenvalue weighted by atomic mass is 10.00. The molecule has 1 aromatic rings. The van der Waals surface area contributed by atoms with Crippen LogP contribution < -0.4 is 9.80 Å². The molecule has 132 valence electrons. The number of nitrogens with zero attached hydrogens (tertiary/aromatic N) is 5. The number of hydrogen-bond acceptors (Lipinski definition) is 6. The minimum atomic E-state index is -0.325. The van der Waals surface area contributed by atoms with Crippen LogP contribution in [0.25, 0.3) is 0 Å². The van der Waals surface area contributed by atoms with Crippen LogP contribution in [0.2, 0.25) is 0 Å². The van der Waals surface area contributed by atoms with E-state index in [1.165, 1.54) is 6.42 Å². The van der Waals surface area contributed by atoms with Crippen LogP contribution in [0.1, 0.15) is 51.6 Å². The Morgan fingerprint density at radius 3 is 2.42 bits per heavy atom. The molecular formula is C17H27N5O2. The van der Waals surface area contributed by atoms with Crippen molar-refractivity contribution in [2.45, 2.75) is 58.9 Å². The molecule has 2 saturated heterocycles. The lowest BCUT2D eigenvalue weighted by Gasteiger charge is -2.35. The van der Waals surface area contributed by atoms with Crippen LogP contribution in [0.3, 0.4) is 0 Å². The predicted octanol–water partition coefficient (Wildman–Crippen LogP) is 3.31. The smallest absolute Gasteiger partial charge is 0.332 e. The Morgan fingerprint density at radius 1 is 1.08 bits per heavy atom. The fourth-order valence-electron chi connectivity index (χ4n) is 3.71. The van der Waals surface area contributed by atoms with E-state index in [9.17, 15) is 10.1 Å². The zero-order valence-corrected chi connectivity index (χ0v) is 14.9. The van der Waals surface area contributed by atoms with Gasteiger partial charge in [-0.2, -0.15) is 4.98 Å². The first-order valence-electron chi connectivity index (χ1n) is 9.02. The highest BCUT2D eigenvalue weighted by molar-refractivity contribution is 5.63. The summed E-state index contributed by atoms with van der Waals surface area (Å²) in [5.41, 5.74) is 0.536. The van der Waals surface area contributed by atoms with E-state index in [0.717, 1.165) is 51.2 Å². The summed E-state index contributed by atoms with van der Waals surface area (Å²) in [6.45, 7) is 8.80. The van der Waals surface area contributed by atoms with E-state index < -0.39 is 0 Å². The molecule has 1 atom stereocenters. The molecule has 3 heterocycles. The molecule has 3 rings (SSSR count). The Morgan fingerprint density at radius 2 is 1.79 bits per heavy atom. The molecule has 0 spiro atoms. The summed E-state index contributed by atoms with van der Waals surface area (Å²) in [7, 11) is 0. The predicted molar refractivity (Wildman–Crippen MR) is 94.7 cm³/mol. The average Bonchev–Trinajstić information content (AvgIpc) is 2.55. The largest absolute Gasteiger partial charge is 0.348 e. The van der Waals surface area contributed by atoms with Gasteiger partial charge in [-0.15, -0.1) is 0 Å². The van der Waals surface area contributed by atoms with Crippen molar-refractivity contribution in [2.75, 3.05) is 29.4 Å². The van der Waals surface area contributed by atoms with Crippen molar-refractivity contribution in [2.24, 2.45) is 5.92 Å². The van der Waals surface area contributed by atoms with Gasteiger partial charge in [-0.25, -0.2) is 4.98 Å². The highest BCUT2D eigenvalue weighted by Crippen LogP contribution is 2.35. The second-order valence-corrected chi connectivity index (χ2v) is 7.25. The van der Waals surface area contributed by atoms with Crippen LogP contribution in [-0.4, -0.2) is 40.6 Å². The van der Waals surface area contributed by atoms with Crippen molar-refractivity contribution in [1.29, 1.82) is 0 Å². The van der Waals surface area contributed by atoms with E-state index in [1.807, 2.05) is 0 Å². The summed E-state index contributed by atoms with van der Waals surface area (Å²) in [5.74, 6) is 1.88. The number of rotatable bonds is 3. The third kappa shape index (κ3) is 3.30. The Labute approximate surface area is 143 Å². The number of hydrogen-bond donors (Lipinski definition) is 0. The minimum Gasteiger partial charge on any atom is -0.348 e. The Bertz CT molecular complexity index is 613. The van der Waals surface area contributed by atoms with Gasteiger partial charge in [-0.3, -0.25) is 10.1 Å². The van der Waals surface area contributed by atoms with Gasteiger partial charge in [0.1, 0.15) is 5.69 Å². The van der Waals surface area contributed by atoms with Crippen molar-refractivity contribution in [3.05, 3.63) is 15.8 Å². The number of aromatic nitrogens is 2. The second kappa shape index (κ2) is 6.91. The summed E-state index contributed by atoms with van der Waals surface area (Å²) in [6.07, 6.45) is 5.52. The molecule has 0 radical (unpaired) electrons. The second-order valence-electron chi connectivity index (χ2n) is 7.25. The van der Waals surface area contributed by atoms with Gasteiger partial charge in [0.15, 0.2) is 0 Å². The summed E-state index contributed by atoms with van der Waals surface area (Å²) in [5, 5.41) is 11.6. The fraction of sp³-hybridized carbons (Fsp3) is 0.765. The molecule has 0 N–H and O–H groups in total. The van der Waals surface area contributed by atoms with Crippen molar-refractivity contribution in [3.8, 4) is 0 Å². The van der Waals surface area contributed by atoms with Crippen LogP contribution >= 0.6 is 0 Å². The maximum Gasteiger partial charge on any atom is 0.332 e. The van der Waals surface area contributed by atoms with E-state index in [4.69, 9.17) is 0 Å². The molecule has 2 aliphatic rings. The standard InChI is InChI=1S/C17H27N5O2/c1-12-7-10-20(11-8-12)17-18-14(3)15(22(23)24)16(19-17)21-9-5-4-6-13(21)2/h12-13H,4-11H2,1-3H3. The molecule has 0 aromatic carbocycles. The number of anilines is 2. The molecule has 1 unspecified atom stereocenters. The first-order valence-corrected chi connectivity index (χ1v) is 9.02. The van der Waals surface area contributed by atoms with Crippen LogP contribution in [0.15, 0.2) is 0 Å². The molecule has 7 nitrogen and oxygen atoms in total. The SMILES string of the molecule is Cc1nc(N2CCC(C)CC2)nc(N2CCCCC2C)c1[N+](=O)[O-]. The van der Waals surface area contributed by atoms with Crippen molar-refractivity contribution in [1.82, 2.24) is 9.97 Å². The topological polar surface area (TPSA) is 75.4 Å². The zero-order valence-electron chi connectivity index (χ0n) is 14.9. The number of piperidine rings is 2.